The normalized spacial score (nSPS) is 10.5. The van der Waals surface area contributed by atoms with E-state index in [2.05, 4.69) is 15.2 Å². The molecule has 7 nitrogen and oxygen atoms in total. The van der Waals surface area contributed by atoms with Crippen molar-refractivity contribution in [3.05, 3.63) is 74.4 Å². The highest BCUT2D eigenvalue weighted by Gasteiger charge is 2.18. The maximum atomic E-state index is 12.0. The number of rotatable bonds is 6. The lowest BCUT2D eigenvalue weighted by Gasteiger charge is -2.15. The molecule has 0 aliphatic carbocycles. The number of hydrogen-bond acceptors (Lipinski definition) is 6. The van der Waals surface area contributed by atoms with Crippen LogP contribution in [0.3, 0.4) is 0 Å². The van der Waals surface area contributed by atoms with Crippen molar-refractivity contribution in [2.45, 2.75) is 26.2 Å². The van der Waals surface area contributed by atoms with Gasteiger partial charge in [0.25, 0.3) is 5.56 Å². The molecule has 0 saturated carbocycles. The number of nitriles is 1. The number of aromatic nitrogens is 3. The van der Waals surface area contributed by atoms with Crippen LogP contribution in [-0.4, -0.2) is 20.3 Å². The molecule has 2 heterocycles. The number of halogens is 1. The molecule has 2 aromatic heterocycles. The minimum absolute atomic E-state index is 0.0616. The van der Waals surface area contributed by atoms with E-state index in [1.807, 2.05) is 18.2 Å². The topological polar surface area (TPSA) is 112 Å². The van der Waals surface area contributed by atoms with Crippen LogP contribution in [0.1, 0.15) is 28.9 Å². The third-order valence-electron chi connectivity index (χ3n) is 4.17. The third kappa shape index (κ3) is 4.48. The zero-order chi connectivity index (χ0) is 20.1. The lowest BCUT2D eigenvalue weighted by Crippen LogP contribution is -2.12. The van der Waals surface area contributed by atoms with Crippen LogP contribution in [0.4, 0.5) is 0 Å². The van der Waals surface area contributed by atoms with Crippen molar-refractivity contribution >= 4 is 11.6 Å². The van der Waals surface area contributed by atoms with E-state index in [4.69, 9.17) is 21.6 Å². The van der Waals surface area contributed by atoms with E-state index < -0.39 is 11.3 Å². The van der Waals surface area contributed by atoms with Crippen LogP contribution >= 0.6 is 11.6 Å². The maximum Gasteiger partial charge on any atom is 0.294 e. The Morgan fingerprint density at radius 2 is 2.14 bits per heavy atom. The predicted octanol–water partition coefficient (Wildman–Crippen LogP) is 3.67. The smallest absolute Gasteiger partial charge is 0.294 e. The van der Waals surface area contributed by atoms with Gasteiger partial charge in [-0.1, -0.05) is 11.6 Å². The van der Waals surface area contributed by atoms with E-state index in [-0.39, 0.29) is 11.5 Å². The number of hydrogen-bond donors (Lipinski definition) is 2. The fraction of sp³-hybridized carbons (Fsp3) is 0.200. The zero-order valence-corrected chi connectivity index (χ0v) is 15.8. The van der Waals surface area contributed by atoms with Crippen LogP contribution in [0.15, 0.2) is 41.3 Å². The Kier molecular flexibility index (Phi) is 5.92. The second-order valence-corrected chi connectivity index (χ2v) is 6.63. The Morgan fingerprint density at radius 3 is 2.86 bits per heavy atom. The Balaban J connectivity index is 1.90. The molecule has 0 aliphatic rings. The summed E-state index contributed by atoms with van der Waals surface area (Å²) in [5.74, 6) is -0.190. The van der Waals surface area contributed by atoms with Gasteiger partial charge in [0.05, 0.1) is 17.3 Å². The summed E-state index contributed by atoms with van der Waals surface area (Å²) >= 11 is 6.01. The summed E-state index contributed by atoms with van der Waals surface area (Å²) in [6.07, 6.45) is 3.54. The van der Waals surface area contributed by atoms with Crippen LogP contribution in [-0.2, 0) is 12.8 Å². The molecule has 0 aliphatic heterocycles. The average Bonchev–Trinajstić information content (AvgIpc) is 2.68. The molecule has 2 N–H and O–H groups in total. The Labute approximate surface area is 166 Å². The first kappa shape index (κ1) is 19.4. The first-order valence-corrected chi connectivity index (χ1v) is 8.95. The molecule has 0 bridgehead atoms. The van der Waals surface area contributed by atoms with Crippen LogP contribution in [0, 0.1) is 18.3 Å². The quantitative estimate of drug-likeness (QED) is 0.657. The lowest BCUT2D eigenvalue weighted by molar-refractivity contribution is 0.399. The highest BCUT2D eigenvalue weighted by molar-refractivity contribution is 6.30. The molecule has 28 heavy (non-hydrogen) atoms. The SMILES string of the molecule is Cc1[nH]c(=O)c(O)c(Oc2cc(Cl)cc(C#N)c2)c1CCCc1cccnn1. The van der Waals surface area contributed by atoms with Gasteiger partial charge < -0.3 is 14.8 Å². The molecule has 0 fully saturated rings. The van der Waals surface area contributed by atoms with Gasteiger partial charge in [0.2, 0.25) is 5.75 Å². The number of ether oxygens (including phenoxy) is 1. The summed E-state index contributed by atoms with van der Waals surface area (Å²) in [5.41, 5.74) is 1.78. The highest BCUT2D eigenvalue weighted by Crippen LogP contribution is 2.35. The van der Waals surface area contributed by atoms with Crippen LogP contribution in [0.2, 0.25) is 5.02 Å². The predicted molar refractivity (Wildman–Crippen MR) is 104 cm³/mol. The maximum absolute atomic E-state index is 12.0. The molecular weight excluding hydrogens is 380 g/mol. The fourth-order valence-corrected chi connectivity index (χ4v) is 3.07. The van der Waals surface area contributed by atoms with Crippen LogP contribution in [0.25, 0.3) is 0 Å². The summed E-state index contributed by atoms with van der Waals surface area (Å²) in [7, 11) is 0. The van der Waals surface area contributed by atoms with Crippen molar-refractivity contribution < 1.29 is 9.84 Å². The summed E-state index contributed by atoms with van der Waals surface area (Å²) in [6, 6.07) is 10.2. The van der Waals surface area contributed by atoms with Gasteiger partial charge in [0.1, 0.15) is 5.75 Å². The summed E-state index contributed by atoms with van der Waals surface area (Å²) < 4.78 is 5.79. The molecular formula is C20H17ClN4O3. The average molecular weight is 397 g/mol. The largest absolute Gasteiger partial charge is 0.500 e. The van der Waals surface area contributed by atoms with Crippen LogP contribution in [0.5, 0.6) is 17.2 Å². The van der Waals surface area contributed by atoms with Gasteiger partial charge in [0.15, 0.2) is 5.75 Å². The minimum Gasteiger partial charge on any atom is -0.500 e. The summed E-state index contributed by atoms with van der Waals surface area (Å²) in [5, 5.41) is 27.6. The molecule has 0 radical (unpaired) electrons. The number of aryl methyl sites for hydroxylation is 2. The van der Waals surface area contributed by atoms with E-state index in [1.165, 1.54) is 18.2 Å². The zero-order valence-electron chi connectivity index (χ0n) is 15.1. The van der Waals surface area contributed by atoms with E-state index in [0.29, 0.717) is 41.1 Å². The van der Waals surface area contributed by atoms with Crippen molar-refractivity contribution in [2.75, 3.05) is 0 Å². The number of aromatic hydroxyl groups is 1. The molecule has 0 saturated heterocycles. The monoisotopic (exact) mass is 396 g/mol. The Bertz CT molecular complexity index is 1090. The first-order chi connectivity index (χ1) is 13.5. The second kappa shape index (κ2) is 8.55. The van der Waals surface area contributed by atoms with Crippen molar-refractivity contribution in [3.63, 3.8) is 0 Å². The molecule has 0 atom stereocenters. The molecule has 0 spiro atoms. The minimum atomic E-state index is -0.646. The summed E-state index contributed by atoms with van der Waals surface area (Å²) in [4.78, 5) is 14.6. The number of H-pyrrole nitrogens is 1. The van der Waals surface area contributed by atoms with E-state index >= 15 is 0 Å². The number of benzene rings is 1. The third-order valence-corrected chi connectivity index (χ3v) is 4.38. The lowest BCUT2D eigenvalue weighted by atomic mass is 10.0. The van der Waals surface area contributed by atoms with Gasteiger partial charge in [-0.05, 0) is 56.5 Å². The molecule has 1 aromatic carbocycles. The van der Waals surface area contributed by atoms with Crippen molar-refractivity contribution in [1.82, 2.24) is 15.2 Å². The van der Waals surface area contributed by atoms with Gasteiger partial charge in [0, 0.05) is 22.5 Å². The van der Waals surface area contributed by atoms with Gasteiger partial charge in [-0.3, -0.25) is 4.79 Å². The van der Waals surface area contributed by atoms with Crippen LogP contribution < -0.4 is 10.3 Å². The fourth-order valence-electron chi connectivity index (χ4n) is 2.85. The highest BCUT2D eigenvalue weighted by atomic mass is 35.5. The first-order valence-electron chi connectivity index (χ1n) is 8.57. The van der Waals surface area contributed by atoms with E-state index in [1.54, 1.807) is 13.1 Å². The van der Waals surface area contributed by atoms with Gasteiger partial charge in [-0.2, -0.15) is 15.5 Å². The number of nitrogens with zero attached hydrogens (tertiary/aromatic N) is 3. The standard InChI is InChI=1S/C20H17ClN4O3/c1-12-17(6-2-4-15-5-3-7-23-25-15)19(18(26)20(27)24-12)28-16-9-13(11-22)8-14(21)10-16/h3,5,7-10,26H,2,4,6H2,1H3,(H,24,27). The van der Waals surface area contributed by atoms with Crippen molar-refractivity contribution in [2.24, 2.45) is 0 Å². The van der Waals surface area contributed by atoms with E-state index in [0.717, 1.165) is 5.69 Å². The number of pyridine rings is 1. The van der Waals surface area contributed by atoms with Gasteiger partial charge in [-0.15, -0.1) is 0 Å². The molecule has 8 heteroatoms. The van der Waals surface area contributed by atoms with Crippen molar-refractivity contribution in [3.8, 4) is 23.3 Å². The molecule has 0 amide bonds. The molecule has 3 aromatic rings. The molecule has 0 unspecified atom stereocenters. The van der Waals surface area contributed by atoms with Gasteiger partial charge in [-0.25, -0.2) is 0 Å². The Morgan fingerprint density at radius 1 is 1.32 bits per heavy atom. The van der Waals surface area contributed by atoms with Crippen molar-refractivity contribution in [1.29, 1.82) is 5.26 Å². The second-order valence-electron chi connectivity index (χ2n) is 6.19. The van der Waals surface area contributed by atoms with E-state index in [9.17, 15) is 9.90 Å². The molecule has 3 rings (SSSR count). The Hall–Kier alpha value is -3.37. The number of aromatic amines is 1. The number of nitrogens with one attached hydrogen (secondary N) is 1. The molecule has 142 valence electrons. The summed E-state index contributed by atoms with van der Waals surface area (Å²) in [6.45, 7) is 1.74. The van der Waals surface area contributed by atoms with Gasteiger partial charge >= 0.3 is 0 Å².